The zero-order chi connectivity index (χ0) is 14.7. The number of nitrogens with zero attached hydrogens (tertiary/aromatic N) is 3. The SMILES string of the molecule is Clc1ncnc(NCCc2cccc3cccnc23)c1Br. The van der Waals surface area contributed by atoms with Crippen molar-refractivity contribution in [2.75, 3.05) is 11.9 Å². The number of aromatic nitrogens is 3. The average molecular weight is 364 g/mol. The molecule has 4 nitrogen and oxygen atoms in total. The number of para-hydroxylation sites is 1. The molecule has 0 spiro atoms. The van der Waals surface area contributed by atoms with E-state index in [0.717, 1.165) is 23.9 Å². The third-order valence-corrected chi connectivity index (χ3v) is 4.42. The zero-order valence-corrected chi connectivity index (χ0v) is 13.4. The van der Waals surface area contributed by atoms with Crippen molar-refractivity contribution < 1.29 is 0 Å². The molecule has 0 saturated carbocycles. The molecule has 0 amide bonds. The van der Waals surface area contributed by atoms with Crippen molar-refractivity contribution in [2.45, 2.75) is 6.42 Å². The van der Waals surface area contributed by atoms with Gasteiger partial charge in [-0.3, -0.25) is 4.98 Å². The van der Waals surface area contributed by atoms with E-state index >= 15 is 0 Å². The molecule has 0 aliphatic rings. The number of nitrogens with one attached hydrogen (secondary N) is 1. The first-order chi connectivity index (χ1) is 10.3. The molecule has 6 heteroatoms. The number of hydrogen-bond acceptors (Lipinski definition) is 4. The molecule has 0 aliphatic carbocycles. The van der Waals surface area contributed by atoms with Crippen LogP contribution in [0.2, 0.25) is 5.15 Å². The molecule has 0 saturated heterocycles. The Morgan fingerprint density at radius 3 is 2.86 bits per heavy atom. The molecule has 1 aromatic carbocycles. The second-order valence-electron chi connectivity index (χ2n) is 4.50. The predicted octanol–water partition coefficient (Wildman–Crippen LogP) is 4.10. The Morgan fingerprint density at radius 1 is 1.10 bits per heavy atom. The van der Waals surface area contributed by atoms with E-state index in [9.17, 15) is 0 Å². The van der Waals surface area contributed by atoms with E-state index in [1.807, 2.05) is 12.3 Å². The van der Waals surface area contributed by atoms with Crippen LogP contribution in [0, 0.1) is 0 Å². The van der Waals surface area contributed by atoms with Crippen LogP contribution in [0.5, 0.6) is 0 Å². The van der Waals surface area contributed by atoms with E-state index in [2.05, 4.69) is 60.5 Å². The second-order valence-corrected chi connectivity index (χ2v) is 5.65. The molecule has 3 rings (SSSR count). The van der Waals surface area contributed by atoms with E-state index in [0.29, 0.717) is 15.4 Å². The van der Waals surface area contributed by atoms with Crippen molar-refractivity contribution in [1.82, 2.24) is 15.0 Å². The Bertz CT molecular complexity index is 773. The van der Waals surface area contributed by atoms with Crippen LogP contribution in [0.1, 0.15) is 5.56 Å². The van der Waals surface area contributed by atoms with Crippen LogP contribution in [-0.4, -0.2) is 21.5 Å². The summed E-state index contributed by atoms with van der Waals surface area (Å²) in [5, 5.41) is 4.81. The first-order valence-electron chi connectivity index (χ1n) is 6.48. The Hall–Kier alpha value is -1.72. The summed E-state index contributed by atoms with van der Waals surface area (Å²) in [7, 11) is 0. The van der Waals surface area contributed by atoms with Crippen molar-refractivity contribution in [3.63, 3.8) is 0 Å². The van der Waals surface area contributed by atoms with Gasteiger partial charge in [0.05, 0.1) is 9.99 Å². The number of hydrogen-bond donors (Lipinski definition) is 1. The molecule has 21 heavy (non-hydrogen) atoms. The lowest BCUT2D eigenvalue weighted by molar-refractivity contribution is 0.999. The summed E-state index contributed by atoms with van der Waals surface area (Å²) >= 11 is 9.31. The topological polar surface area (TPSA) is 50.7 Å². The smallest absolute Gasteiger partial charge is 0.148 e. The summed E-state index contributed by atoms with van der Waals surface area (Å²) in [4.78, 5) is 12.5. The Labute approximate surface area is 135 Å². The monoisotopic (exact) mass is 362 g/mol. The lowest BCUT2D eigenvalue weighted by Gasteiger charge is -2.09. The maximum absolute atomic E-state index is 5.94. The minimum atomic E-state index is 0.402. The number of pyridine rings is 1. The zero-order valence-electron chi connectivity index (χ0n) is 11.1. The maximum Gasteiger partial charge on any atom is 0.148 e. The second kappa shape index (κ2) is 6.37. The molecule has 0 atom stereocenters. The van der Waals surface area contributed by atoms with E-state index < -0.39 is 0 Å². The van der Waals surface area contributed by atoms with E-state index in [-0.39, 0.29) is 0 Å². The highest BCUT2D eigenvalue weighted by Crippen LogP contribution is 2.26. The van der Waals surface area contributed by atoms with Crippen LogP contribution in [0.25, 0.3) is 10.9 Å². The Balaban J connectivity index is 1.74. The number of halogens is 2. The third kappa shape index (κ3) is 3.14. The molecular weight excluding hydrogens is 352 g/mol. The van der Waals surface area contributed by atoms with Gasteiger partial charge >= 0.3 is 0 Å². The summed E-state index contributed by atoms with van der Waals surface area (Å²) < 4.78 is 0.683. The minimum Gasteiger partial charge on any atom is -0.369 e. The van der Waals surface area contributed by atoms with Gasteiger partial charge < -0.3 is 5.32 Å². The normalized spacial score (nSPS) is 10.8. The van der Waals surface area contributed by atoms with Gasteiger partial charge in [-0.05, 0) is 34.0 Å². The third-order valence-electron chi connectivity index (χ3n) is 3.15. The molecule has 0 fully saturated rings. The van der Waals surface area contributed by atoms with Gasteiger partial charge in [0.1, 0.15) is 17.3 Å². The van der Waals surface area contributed by atoms with Crippen molar-refractivity contribution in [3.8, 4) is 0 Å². The number of anilines is 1. The van der Waals surface area contributed by atoms with Crippen LogP contribution in [0.3, 0.4) is 0 Å². The summed E-state index contributed by atoms with van der Waals surface area (Å²) in [6.45, 7) is 0.738. The first kappa shape index (κ1) is 14.2. The van der Waals surface area contributed by atoms with Gasteiger partial charge in [-0.1, -0.05) is 35.9 Å². The number of fused-ring (bicyclic) bond motifs is 1. The van der Waals surface area contributed by atoms with E-state index in [1.165, 1.54) is 11.9 Å². The largest absolute Gasteiger partial charge is 0.369 e. The number of rotatable bonds is 4. The van der Waals surface area contributed by atoms with E-state index in [1.54, 1.807) is 0 Å². The molecule has 0 bridgehead atoms. The lowest BCUT2D eigenvalue weighted by Crippen LogP contribution is -2.08. The van der Waals surface area contributed by atoms with Crippen LogP contribution in [0.15, 0.2) is 47.3 Å². The predicted molar refractivity (Wildman–Crippen MR) is 88.7 cm³/mol. The van der Waals surface area contributed by atoms with Gasteiger partial charge in [0.15, 0.2) is 0 Å². The highest BCUT2D eigenvalue weighted by molar-refractivity contribution is 9.10. The molecule has 1 N–H and O–H groups in total. The van der Waals surface area contributed by atoms with Gasteiger partial charge in [0.2, 0.25) is 0 Å². The van der Waals surface area contributed by atoms with Crippen LogP contribution >= 0.6 is 27.5 Å². The van der Waals surface area contributed by atoms with E-state index in [4.69, 9.17) is 11.6 Å². The van der Waals surface area contributed by atoms with Crippen molar-refractivity contribution in [3.05, 3.63) is 58.0 Å². The van der Waals surface area contributed by atoms with Gasteiger partial charge in [-0.15, -0.1) is 0 Å². The van der Waals surface area contributed by atoms with Crippen molar-refractivity contribution >= 4 is 44.3 Å². The number of benzene rings is 1. The molecule has 0 radical (unpaired) electrons. The summed E-state index contributed by atoms with van der Waals surface area (Å²) in [6.07, 6.45) is 4.11. The minimum absolute atomic E-state index is 0.402. The van der Waals surface area contributed by atoms with Crippen molar-refractivity contribution in [1.29, 1.82) is 0 Å². The molecule has 0 unspecified atom stereocenters. The fourth-order valence-electron chi connectivity index (χ4n) is 2.16. The molecule has 2 heterocycles. The van der Waals surface area contributed by atoms with Gasteiger partial charge in [0.25, 0.3) is 0 Å². The Kier molecular flexibility index (Phi) is 4.31. The van der Waals surface area contributed by atoms with Crippen molar-refractivity contribution in [2.24, 2.45) is 0 Å². The van der Waals surface area contributed by atoms with Crippen LogP contribution in [0.4, 0.5) is 5.82 Å². The standard InChI is InChI=1S/C15H12BrClN4/c16-12-14(17)20-9-21-15(12)19-8-6-11-4-1-3-10-5-2-7-18-13(10)11/h1-5,7,9H,6,8H2,(H,19,20,21). The van der Waals surface area contributed by atoms with Crippen LogP contribution in [-0.2, 0) is 6.42 Å². The van der Waals surface area contributed by atoms with Gasteiger partial charge in [0, 0.05) is 18.1 Å². The quantitative estimate of drug-likeness (QED) is 0.709. The molecule has 3 aromatic rings. The molecule has 0 aliphatic heterocycles. The average Bonchev–Trinajstić information content (AvgIpc) is 2.52. The molecule has 106 valence electrons. The van der Waals surface area contributed by atoms with Crippen LogP contribution < -0.4 is 5.32 Å². The first-order valence-corrected chi connectivity index (χ1v) is 7.65. The lowest BCUT2D eigenvalue weighted by atomic mass is 10.1. The highest BCUT2D eigenvalue weighted by Gasteiger charge is 2.06. The highest BCUT2D eigenvalue weighted by atomic mass is 79.9. The fraction of sp³-hybridized carbons (Fsp3) is 0.133. The fourth-order valence-corrected chi connectivity index (χ4v) is 2.63. The maximum atomic E-state index is 5.94. The molecule has 2 aromatic heterocycles. The Morgan fingerprint density at radius 2 is 1.95 bits per heavy atom. The van der Waals surface area contributed by atoms with Gasteiger partial charge in [-0.2, -0.15) is 0 Å². The summed E-state index contributed by atoms with van der Waals surface area (Å²) in [5.74, 6) is 0.697. The van der Waals surface area contributed by atoms with Gasteiger partial charge in [-0.25, -0.2) is 9.97 Å². The summed E-state index contributed by atoms with van der Waals surface area (Å²) in [6, 6.07) is 10.2. The molecular formula is C15H12BrClN4. The summed E-state index contributed by atoms with van der Waals surface area (Å²) in [5.41, 5.74) is 2.25.